The normalized spacial score (nSPS) is 11.3. The van der Waals surface area contributed by atoms with E-state index < -0.39 is 0 Å². The number of fused-ring (bicyclic) bond motifs is 6. The molecule has 0 aliphatic heterocycles. The lowest BCUT2D eigenvalue weighted by Crippen LogP contribution is -1.93. The molecule has 0 heteroatoms. The van der Waals surface area contributed by atoms with E-state index in [0.29, 0.717) is 0 Å². The van der Waals surface area contributed by atoms with E-state index >= 15 is 0 Å². The van der Waals surface area contributed by atoms with Crippen LogP contribution in [0.1, 0.15) is 33.4 Å². The molecule has 1 aliphatic rings. The molecule has 0 fully saturated rings. The Morgan fingerprint density at radius 1 is 0.222 bits per heavy atom. The van der Waals surface area contributed by atoms with Crippen LogP contribution >= 0.6 is 0 Å². The number of benzene rings is 9. The van der Waals surface area contributed by atoms with Crippen LogP contribution in [0.4, 0.5) is 0 Å². The summed E-state index contributed by atoms with van der Waals surface area (Å²) in [7, 11) is 0. The summed E-state index contributed by atoms with van der Waals surface area (Å²) in [5.41, 5.74) is 12.2. The Bertz CT molecular complexity index is 3160. The maximum Gasteiger partial charge on any atom is 0.0411 e. The lowest BCUT2D eigenvalue weighted by molar-refractivity contribution is 1.53. The summed E-state index contributed by atoms with van der Waals surface area (Å²) in [5, 5.41) is 7.26. The van der Waals surface area contributed by atoms with E-state index in [2.05, 4.69) is 218 Å². The highest BCUT2D eigenvalue weighted by atomic mass is 14.1. The minimum atomic E-state index is 0.883. The standard InChI is InChI=1S/C54H30/c1-4-16-49-40(10-1)13-7-19-52(49)46-31-25-37-22-23-38-26-32-47(53-20-8-14-41-11-2-5-17-50(41)53)35-44(38)29-30-45-36-48(33-27-39(45)24-28-43(37)34-46)54-21-9-15-42-12-3-6-18-51(42)54/h1-21,25-27,31-36H. The fourth-order valence-electron chi connectivity index (χ4n) is 7.61. The molecule has 10 rings (SSSR count). The fourth-order valence-corrected chi connectivity index (χ4v) is 7.61. The van der Waals surface area contributed by atoms with Crippen molar-refractivity contribution < 1.29 is 0 Å². The van der Waals surface area contributed by atoms with E-state index in [9.17, 15) is 0 Å². The molecule has 0 amide bonds. The number of hydrogen-bond donors (Lipinski definition) is 0. The van der Waals surface area contributed by atoms with Crippen LogP contribution in [-0.4, -0.2) is 0 Å². The highest BCUT2D eigenvalue weighted by molar-refractivity contribution is 5.99. The monoisotopic (exact) mass is 678 g/mol. The molecular formula is C54H30. The van der Waals surface area contributed by atoms with Crippen molar-refractivity contribution in [3.8, 4) is 68.9 Å². The lowest BCUT2D eigenvalue weighted by Gasteiger charge is -2.10. The van der Waals surface area contributed by atoms with Gasteiger partial charge in [-0.1, -0.05) is 181 Å². The second-order valence-corrected chi connectivity index (χ2v) is 13.6. The van der Waals surface area contributed by atoms with Crippen molar-refractivity contribution in [3.05, 3.63) is 215 Å². The molecule has 0 radical (unpaired) electrons. The average Bonchev–Trinajstić information content (AvgIpc) is 3.23. The van der Waals surface area contributed by atoms with Gasteiger partial charge in [0.25, 0.3) is 0 Å². The predicted molar refractivity (Wildman–Crippen MR) is 226 cm³/mol. The zero-order valence-corrected chi connectivity index (χ0v) is 29.3. The summed E-state index contributed by atoms with van der Waals surface area (Å²) in [4.78, 5) is 0. The van der Waals surface area contributed by atoms with Crippen LogP contribution in [0.5, 0.6) is 0 Å². The van der Waals surface area contributed by atoms with E-state index in [-0.39, 0.29) is 0 Å². The van der Waals surface area contributed by atoms with Gasteiger partial charge >= 0.3 is 0 Å². The van der Waals surface area contributed by atoms with Crippen molar-refractivity contribution in [2.75, 3.05) is 0 Å². The van der Waals surface area contributed by atoms with Crippen LogP contribution in [0, 0.1) is 35.5 Å². The molecule has 0 bridgehead atoms. The summed E-state index contributed by atoms with van der Waals surface area (Å²) in [6, 6.07) is 64.4. The molecule has 0 saturated heterocycles. The molecule has 246 valence electrons. The molecule has 0 N–H and O–H groups in total. The maximum absolute atomic E-state index is 3.57. The van der Waals surface area contributed by atoms with Gasteiger partial charge in [-0.15, -0.1) is 0 Å². The minimum absolute atomic E-state index is 0.883. The van der Waals surface area contributed by atoms with E-state index in [4.69, 9.17) is 0 Å². The van der Waals surface area contributed by atoms with Crippen molar-refractivity contribution in [1.29, 1.82) is 0 Å². The lowest BCUT2D eigenvalue weighted by atomic mass is 9.93. The van der Waals surface area contributed by atoms with Crippen molar-refractivity contribution in [1.82, 2.24) is 0 Å². The molecule has 0 saturated carbocycles. The zero-order chi connectivity index (χ0) is 35.8. The first-order chi connectivity index (χ1) is 26.7. The minimum Gasteiger partial charge on any atom is -0.0616 e. The Labute approximate surface area is 315 Å². The molecule has 0 heterocycles. The van der Waals surface area contributed by atoms with Crippen molar-refractivity contribution in [2.45, 2.75) is 0 Å². The van der Waals surface area contributed by atoms with Crippen LogP contribution < -0.4 is 0 Å². The van der Waals surface area contributed by atoms with E-state index in [1.165, 1.54) is 49.0 Å². The Morgan fingerprint density at radius 2 is 0.500 bits per heavy atom. The van der Waals surface area contributed by atoms with E-state index in [1.54, 1.807) is 0 Å². The van der Waals surface area contributed by atoms with Crippen LogP contribution in [0.3, 0.4) is 0 Å². The molecule has 0 atom stereocenters. The molecule has 0 spiro atoms. The average molecular weight is 679 g/mol. The third-order valence-electron chi connectivity index (χ3n) is 10.4. The van der Waals surface area contributed by atoms with E-state index in [1.807, 2.05) is 0 Å². The molecule has 1 aliphatic carbocycles. The molecule has 9 aromatic rings. The van der Waals surface area contributed by atoms with Crippen molar-refractivity contribution in [2.24, 2.45) is 0 Å². The summed E-state index contributed by atoms with van der Waals surface area (Å²) in [6.07, 6.45) is 0. The maximum atomic E-state index is 3.57. The van der Waals surface area contributed by atoms with Crippen molar-refractivity contribution >= 4 is 32.3 Å². The van der Waals surface area contributed by atoms with Crippen LogP contribution in [0.2, 0.25) is 0 Å². The number of rotatable bonds is 3. The Kier molecular flexibility index (Phi) is 7.63. The molecule has 54 heavy (non-hydrogen) atoms. The van der Waals surface area contributed by atoms with Gasteiger partial charge in [0.2, 0.25) is 0 Å². The number of hydrogen-bond acceptors (Lipinski definition) is 0. The topological polar surface area (TPSA) is 0 Å². The summed E-state index contributed by atoms with van der Waals surface area (Å²) >= 11 is 0. The van der Waals surface area contributed by atoms with Gasteiger partial charge in [-0.2, -0.15) is 0 Å². The Morgan fingerprint density at radius 3 is 0.833 bits per heavy atom. The zero-order valence-electron chi connectivity index (χ0n) is 29.3. The predicted octanol–water partition coefficient (Wildman–Crippen LogP) is 12.7. The Balaban J connectivity index is 1.19. The summed E-state index contributed by atoms with van der Waals surface area (Å²) in [6.45, 7) is 0. The van der Waals surface area contributed by atoms with Gasteiger partial charge < -0.3 is 0 Å². The highest BCUT2D eigenvalue weighted by Crippen LogP contribution is 2.33. The van der Waals surface area contributed by atoms with Gasteiger partial charge in [0.05, 0.1) is 0 Å². The second-order valence-electron chi connectivity index (χ2n) is 13.6. The summed E-state index contributed by atoms with van der Waals surface area (Å²) in [5.74, 6) is 21.2. The third-order valence-corrected chi connectivity index (χ3v) is 10.4. The van der Waals surface area contributed by atoms with Crippen molar-refractivity contribution in [3.63, 3.8) is 0 Å². The first-order valence-electron chi connectivity index (χ1n) is 18.2. The van der Waals surface area contributed by atoms with Gasteiger partial charge in [-0.3, -0.25) is 0 Å². The second kappa shape index (κ2) is 13.2. The largest absolute Gasteiger partial charge is 0.0616 e. The quantitative estimate of drug-likeness (QED) is 0.163. The van der Waals surface area contributed by atoms with Gasteiger partial charge in [0.1, 0.15) is 0 Å². The first-order valence-corrected chi connectivity index (χ1v) is 18.2. The molecule has 9 aromatic carbocycles. The fraction of sp³-hybridized carbons (Fsp3) is 0. The Hall–Kier alpha value is -7.56. The van der Waals surface area contributed by atoms with Crippen LogP contribution in [0.15, 0.2) is 182 Å². The molecule has 0 aromatic heterocycles. The SMILES string of the molecule is C1#Cc2ccc(-c3cccc4ccccc34)cc2C#Cc2cc(-c3cccc4ccccc34)ccc2C#Cc2cc(-c3cccc4ccccc34)ccc21. The van der Waals surface area contributed by atoms with Gasteiger partial charge in [0.15, 0.2) is 0 Å². The van der Waals surface area contributed by atoms with Gasteiger partial charge in [0, 0.05) is 33.4 Å². The highest BCUT2D eigenvalue weighted by Gasteiger charge is 2.11. The summed E-state index contributed by atoms with van der Waals surface area (Å²) < 4.78 is 0. The van der Waals surface area contributed by atoms with E-state index in [0.717, 1.165) is 50.1 Å². The first kappa shape index (κ1) is 31.2. The molecule has 0 unspecified atom stereocenters. The van der Waals surface area contributed by atoms with Gasteiger partial charge in [-0.25, -0.2) is 0 Å². The molecular weight excluding hydrogens is 649 g/mol. The van der Waals surface area contributed by atoms with Crippen LogP contribution in [-0.2, 0) is 0 Å². The van der Waals surface area contributed by atoms with Crippen LogP contribution in [0.25, 0.3) is 65.7 Å². The third kappa shape index (κ3) is 5.69. The van der Waals surface area contributed by atoms with Gasteiger partial charge in [-0.05, 0) is 102 Å². The smallest absolute Gasteiger partial charge is 0.0411 e. The molecule has 0 nitrogen and oxygen atoms in total.